The first-order valence-corrected chi connectivity index (χ1v) is 7.77. The van der Waals surface area contributed by atoms with Crippen LogP contribution in [0.1, 0.15) is 37.4 Å². The van der Waals surface area contributed by atoms with Crippen LogP contribution < -0.4 is 5.32 Å². The summed E-state index contributed by atoms with van der Waals surface area (Å²) in [6.45, 7) is 4.62. The third-order valence-electron chi connectivity index (χ3n) is 2.99. The second-order valence-corrected chi connectivity index (χ2v) is 5.59. The molecule has 0 bridgehead atoms. The molecule has 1 aliphatic rings. The van der Waals surface area contributed by atoms with Crippen LogP contribution in [-0.2, 0) is 12.3 Å². The normalized spacial score (nSPS) is 14.8. The van der Waals surface area contributed by atoms with Crippen LogP contribution in [0.25, 0.3) is 0 Å². The zero-order chi connectivity index (χ0) is 13.8. The van der Waals surface area contributed by atoms with Gasteiger partial charge in [-0.15, -0.1) is 5.10 Å². The Morgan fingerprint density at radius 1 is 1.45 bits per heavy atom. The highest BCUT2D eigenvalue weighted by Crippen LogP contribution is 2.39. The van der Waals surface area contributed by atoms with E-state index in [1.165, 1.54) is 11.8 Å². The van der Waals surface area contributed by atoms with Crippen molar-refractivity contribution in [1.29, 1.82) is 0 Å². The summed E-state index contributed by atoms with van der Waals surface area (Å²) in [6, 6.07) is 0. The van der Waals surface area contributed by atoms with Gasteiger partial charge in [0.25, 0.3) is 0 Å². The molecule has 1 saturated carbocycles. The van der Waals surface area contributed by atoms with Gasteiger partial charge in [0.2, 0.25) is 11.0 Å². The van der Waals surface area contributed by atoms with Gasteiger partial charge in [0.1, 0.15) is 0 Å². The van der Waals surface area contributed by atoms with E-state index in [0.717, 1.165) is 43.5 Å². The van der Waals surface area contributed by atoms with Crippen LogP contribution in [0.2, 0.25) is 0 Å². The molecular weight excluding hydrogens is 278 g/mol. The third kappa shape index (κ3) is 3.34. The highest BCUT2D eigenvalue weighted by atomic mass is 32.2. The van der Waals surface area contributed by atoms with E-state index < -0.39 is 0 Å². The molecular formula is C11H17N7OS. The molecule has 1 fully saturated rings. The molecule has 0 radical (unpaired) electrons. The third-order valence-corrected chi connectivity index (χ3v) is 3.94. The molecule has 8 nitrogen and oxygen atoms in total. The molecule has 1 N–H and O–H groups in total. The van der Waals surface area contributed by atoms with Crippen molar-refractivity contribution in [2.75, 3.05) is 13.1 Å². The predicted octanol–water partition coefficient (Wildman–Crippen LogP) is 0.835. The molecule has 0 unspecified atom stereocenters. The number of hydrogen-bond acceptors (Lipinski definition) is 8. The fourth-order valence-corrected chi connectivity index (χ4v) is 2.50. The van der Waals surface area contributed by atoms with Crippen molar-refractivity contribution in [3.63, 3.8) is 0 Å². The minimum Gasteiger partial charge on any atom is -0.339 e. The molecule has 0 spiro atoms. The molecule has 1 aliphatic carbocycles. The lowest BCUT2D eigenvalue weighted by molar-refractivity contribution is 0.375. The Labute approximate surface area is 120 Å². The molecule has 3 rings (SSSR count). The number of likely N-dealkylation sites (N-methyl/N-ethyl adjacent to an activating group) is 1. The van der Waals surface area contributed by atoms with E-state index in [0.29, 0.717) is 17.5 Å². The molecule has 0 aromatic carbocycles. The highest BCUT2D eigenvalue weighted by Gasteiger charge is 2.29. The Balaban J connectivity index is 1.53. The van der Waals surface area contributed by atoms with Gasteiger partial charge in [0.15, 0.2) is 5.82 Å². The van der Waals surface area contributed by atoms with E-state index in [9.17, 15) is 0 Å². The zero-order valence-corrected chi connectivity index (χ0v) is 12.1. The molecule has 2 aromatic heterocycles. The van der Waals surface area contributed by atoms with Crippen molar-refractivity contribution in [3.8, 4) is 0 Å². The molecule has 0 amide bonds. The molecule has 108 valence electrons. The smallest absolute Gasteiger partial charge is 0.229 e. The van der Waals surface area contributed by atoms with E-state index in [1.807, 2.05) is 0 Å². The van der Waals surface area contributed by atoms with Crippen LogP contribution in [0.4, 0.5) is 0 Å². The Bertz CT molecular complexity index is 550. The van der Waals surface area contributed by atoms with Gasteiger partial charge in [-0.3, -0.25) is 0 Å². The first-order chi connectivity index (χ1) is 9.86. The van der Waals surface area contributed by atoms with Gasteiger partial charge < -0.3 is 9.84 Å². The van der Waals surface area contributed by atoms with E-state index in [-0.39, 0.29) is 0 Å². The maximum Gasteiger partial charge on any atom is 0.229 e. The Kier molecular flexibility index (Phi) is 4.26. The summed E-state index contributed by atoms with van der Waals surface area (Å²) in [7, 11) is 0. The number of nitrogens with one attached hydrogen (secondary N) is 1. The topological polar surface area (TPSA) is 94.6 Å². The van der Waals surface area contributed by atoms with Gasteiger partial charge in [-0.05, 0) is 29.8 Å². The fraction of sp³-hybridized carbons (Fsp3) is 0.727. The van der Waals surface area contributed by atoms with Crippen molar-refractivity contribution in [2.45, 2.75) is 43.1 Å². The van der Waals surface area contributed by atoms with Crippen molar-refractivity contribution in [1.82, 2.24) is 35.7 Å². The summed E-state index contributed by atoms with van der Waals surface area (Å²) in [5.41, 5.74) is 0. The summed E-state index contributed by atoms with van der Waals surface area (Å²) in [5, 5.41) is 19.7. The van der Waals surface area contributed by atoms with Crippen LogP contribution in [0.3, 0.4) is 0 Å². The lowest BCUT2D eigenvalue weighted by Gasteiger charge is -2.03. The zero-order valence-electron chi connectivity index (χ0n) is 11.3. The van der Waals surface area contributed by atoms with Crippen LogP contribution in [0, 0.1) is 0 Å². The van der Waals surface area contributed by atoms with Gasteiger partial charge in [-0.1, -0.05) is 23.8 Å². The largest absolute Gasteiger partial charge is 0.339 e. The first-order valence-electron chi connectivity index (χ1n) is 6.79. The molecule has 0 saturated heterocycles. The van der Waals surface area contributed by atoms with Crippen molar-refractivity contribution < 1.29 is 4.52 Å². The van der Waals surface area contributed by atoms with E-state index in [1.54, 1.807) is 4.68 Å². The average Bonchev–Trinajstić information content (AvgIpc) is 3.03. The van der Waals surface area contributed by atoms with E-state index in [2.05, 4.69) is 37.9 Å². The molecule has 20 heavy (non-hydrogen) atoms. The maximum atomic E-state index is 5.23. The summed E-state index contributed by atoms with van der Waals surface area (Å²) in [5.74, 6) is 2.59. The second kappa shape index (κ2) is 6.31. The number of rotatable bonds is 8. The molecule has 2 aromatic rings. The summed E-state index contributed by atoms with van der Waals surface area (Å²) < 4.78 is 7.01. The maximum absolute atomic E-state index is 5.23. The van der Waals surface area contributed by atoms with Crippen molar-refractivity contribution in [3.05, 3.63) is 11.7 Å². The number of aromatic nitrogens is 6. The van der Waals surface area contributed by atoms with Crippen LogP contribution in [-0.4, -0.2) is 43.4 Å². The van der Waals surface area contributed by atoms with E-state index >= 15 is 0 Å². The predicted molar refractivity (Wildman–Crippen MR) is 72.2 cm³/mol. The number of hydrogen-bond donors (Lipinski definition) is 1. The summed E-state index contributed by atoms with van der Waals surface area (Å²) >= 11 is 1.52. The Morgan fingerprint density at radius 3 is 3.15 bits per heavy atom. The lowest BCUT2D eigenvalue weighted by atomic mass is 10.4. The molecule has 0 atom stereocenters. The Morgan fingerprint density at radius 2 is 2.35 bits per heavy atom. The number of thioether (sulfide) groups is 1. The van der Waals surface area contributed by atoms with Crippen LogP contribution in [0.5, 0.6) is 0 Å². The summed E-state index contributed by atoms with van der Waals surface area (Å²) in [4.78, 5) is 4.39. The first kappa shape index (κ1) is 13.5. The molecule has 0 aliphatic heterocycles. The van der Waals surface area contributed by atoms with Gasteiger partial charge in [-0.2, -0.15) is 4.98 Å². The number of tetrazole rings is 1. The minimum absolute atomic E-state index is 0.492. The van der Waals surface area contributed by atoms with Crippen molar-refractivity contribution >= 4 is 11.8 Å². The van der Waals surface area contributed by atoms with Gasteiger partial charge in [0, 0.05) is 12.5 Å². The highest BCUT2D eigenvalue weighted by molar-refractivity contribution is 7.98. The monoisotopic (exact) mass is 295 g/mol. The van der Waals surface area contributed by atoms with Gasteiger partial charge in [0.05, 0.1) is 12.3 Å². The lowest BCUT2D eigenvalue weighted by Crippen LogP contribution is -2.20. The summed E-state index contributed by atoms with van der Waals surface area (Å²) in [6.07, 6.45) is 2.33. The quantitative estimate of drug-likeness (QED) is 0.565. The fourth-order valence-electron chi connectivity index (χ4n) is 1.75. The second-order valence-electron chi connectivity index (χ2n) is 4.65. The minimum atomic E-state index is 0.492. The molecule has 9 heteroatoms. The SMILES string of the molecule is CCNCCn1nnnc1SCc1noc(C2CC2)n1. The molecule has 2 heterocycles. The van der Waals surface area contributed by atoms with Crippen molar-refractivity contribution in [2.24, 2.45) is 0 Å². The average molecular weight is 295 g/mol. The Hall–Kier alpha value is -1.48. The van der Waals surface area contributed by atoms with Crippen LogP contribution >= 0.6 is 11.8 Å². The van der Waals surface area contributed by atoms with Gasteiger partial charge >= 0.3 is 0 Å². The van der Waals surface area contributed by atoms with Crippen LogP contribution in [0.15, 0.2) is 9.68 Å². The van der Waals surface area contributed by atoms with E-state index in [4.69, 9.17) is 4.52 Å². The standard InChI is InChI=1S/C11H17N7OS/c1-2-12-5-6-18-11(14-16-17-18)20-7-9-13-10(19-15-9)8-3-4-8/h8,12H,2-7H2,1H3. The number of nitrogens with zero attached hydrogens (tertiary/aromatic N) is 6. The van der Waals surface area contributed by atoms with Gasteiger partial charge in [-0.25, -0.2) is 4.68 Å².